The molecule has 2 unspecified atom stereocenters. The zero-order valence-corrected chi connectivity index (χ0v) is 26.0. The third kappa shape index (κ3) is 3.35. The molecule has 1 heterocycles. The average Bonchev–Trinajstić information content (AvgIpc) is 3.55. The zero-order valence-electron chi connectivity index (χ0n) is 26.0. The Morgan fingerprint density at radius 2 is 1.22 bits per heavy atom. The van der Waals surface area contributed by atoms with Crippen LogP contribution >= 0.6 is 0 Å². The van der Waals surface area contributed by atoms with Gasteiger partial charge in [0.1, 0.15) is 0 Å². The summed E-state index contributed by atoms with van der Waals surface area (Å²) < 4.78 is 0. The van der Waals surface area contributed by atoms with Crippen LogP contribution in [0.25, 0.3) is 49.0 Å². The quantitative estimate of drug-likeness (QED) is 0.182. The molecule has 10 rings (SSSR count). The summed E-state index contributed by atoms with van der Waals surface area (Å²) in [5.74, 6) is 0.274. The van der Waals surface area contributed by atoms with E-state index in [0.29, 0.717) is 0 Å². The van der Waals surface area contributed by atoms with Crippen LogP contribution < -0.4 is 4.90 Å². The van der Waals surface area contributed by atoms with Crippen molar-refractivity contribution in [3.8, 4) is 11.1 Å². The number of allylic oxidation sites excluding steroid dienone is 2. The van der Waals surface area contributed by atoms with Gasteiger partial charge < -0.3 is 4.90 Å². The molecule has 7 aromatic carbocycles. The number of nitrogens with zero attached hydrogens (tertiary/aromatic N) is 1. The van der Waals surface area contributed by atoms with Gasteiger partial charge >= 0.3 is 0 Å². The summed E-state index contributed by atoms with van der Waals surface area (Å²) in [4.78, 5) is 2.67. The maximum Gasteiger partial charge on any atom is 0.0633 e. The third-order valence-electron chi connectivity index (χ3n) is 11.0. The Hall–Kier alpha value is -5.40. The molecule has 2 atom stereocenters. The maximum absolute atomic E-state index is 2.67. The minimum atomic E-state index is -0.0488. The first-order valence-corrected chi connectivity index (χ1v) is 16.4. The van der Waals surface area contributed by atoms with Crippen molar-refractivity contribution in [3.05, 3.63) is 174 Å². The van der Waals surface area contributed by atoms with Crippen LogP contribution in [0.15, 0.2) is 157 Å². The highest BCUT2D eigenvalue weighted by atomic mass is 15.2. The van der Waals surface area contributed by atoms with E-state index >= 15 is 0 Å². The molecular formula is C45H33N. The van der Waals surface area contributed by atoms with Crippen molar-refractivity contribution in [1.29, 1.82) is 0 Å². The summed E-state index contributed by atoms with van der Waals surface area (Å²) in [6, 6.07) is 52.1. The lowest BCUT2D eigenvalue weighted by molar-refractivity contribution is 0.557. The average molecular weight is 588 g/mol. The highest BCUT2D eigenvalue weighted by Gasteiger charge is 2.50. The number of anilines is 2. The Labute approximate surface area is 269 Å². The van der Waals surface area contributed by atoms with Crippen LogP contribution in [0.2, 0.25) is 0 Å². The van der Waals surface area contributed by atoms with Crippen LogP contribution in [0, 0.1) is 0 Å². The van der Waals surface area contributed by atoms with Gasteiger partial charge in [-0.25, -0.2) is 0 Å². The second-order valence-corrected chi connectivity index (χ2v) is 13.6. The molecule has 1 nitrogen and oxygen atoms in total. The van der Waals surface area contributed by atoms with Gasteiger partial charge in [-0.3, -0.25) is 0 Å². The minimum Gasteiger partial charge on any atom is -0.332 e. The molecule has 1 heteroatoms. The fourth-order valence-corrected chi connectivity index (χ4v) is 9.10. The molecule has 7 aromatic rings. The van der Waals surface area contributed by atoms with Crippen molar-refractivity contribution in [2.45, 2.75) is 31.2 Å². The second-order valence-electron chi connectivity index (χ2n) is 13.6. The lowest BCUT2D eigenvalue weighted by Crippen LogP contribution is -2.34. The van der Waals surface area contributed by atoms with Gasteiger partial charge in [0, 0.05) is 27.8 Å². The summed E-state index contributed by atoms with van der Waals surface area (Å²) in [7, 11) is 0. The fraction of sp³-hybridized carbons (Fsp3) is 0.111. The van der Waals surface area contributed by atoms with E-state index in [9.17, 15) is 0 Å². The molecule has 0 radical (unpaired) electrons. The van der Waals surface area contributed by atoms with E-state index in [1.807, 2.05) is 0 Å². The van der Waals surface area contributed by atoms with Gasteiger partial charge in [-0.2, -0.15) is 0 Å². The number of hydrogen-bond acceptors (Lipinski definition) is 1. The van der Waals surface area contributed by atoms with Crippen LogP contribution in [0.3, 0.4) is 0 Å². The number of rotatable bonds is 2. The molecule has 0 fully saturated rings. The van der Waals surface area contributed by atoms with Gasteiger partial charge in [0.05, 0.1) is 11.7 Å². The maximum atomic E-state index is 2.67. The largest absolute Gasteiger partial charge is 0.332 e. The van der Waals surface area contributed by atoms with Crippen molar-refractivity contribution in [2.75, 3.05) is 4.90 Å². The molecule has 46 heavy (non-hydrogen) atoms. The number of benzene rings is 7. The fourth-order valence-electron chi connectivity index (χ4n) is 9.10. The van der Waals surface area contributed by atoms with Crippen molar-refractivity contribution in [2.24, 2.45) is 0 Å². The topological polar surface area (TPSA) is 3.24 Å². The van der Waals surface area contributed by atoms with E-state index in [0.717, 1.165) is 0 Å². The predicted octanol–water partition coefficient (Wildman–Crippen LogP) is 11.7. The highest BCUT2D eigenvalue weighted by Crippen LogP contribution is 2.61. The van der Waals surface area contributed by atoms with Crippen LogP contribution in [-0.2, 0) is 5.41 Å². The molecule has 3 aliphatic rings. The Kier molecular flexibility index (Phi) is 5.24. The Balaban J connectivity index is 1.25. The van der Waals surface area contributed by atoms with Crippen molar-refractivity contribution >= 4 is 49.3 Å². The number of fused-ring (bicyclic) bond motifs is 9. The zero-order chi connectivity index (χ0) is 30.6. The molecule has 0 amide bonds. The number of para-hydroxylation sites is 1. The standard InChI is InChI=1S/C45H33N/c1-45(2)38-21-11-9-15-31(38)34-25-26-40-42(43(34)45)37-20-10-12-22-39(37)46(40)44-35-18-7-5-16-32(35)41(33-17-6-8-19-36(33)44)30-24-23-28-13-3-4-14-29(28)27-30/h3-27,40,42H,1-2H3. The van der Waals surface area contributed by atoms with E-state index in [4.69, 9.17) is 0 Å². The van der Waals surface area contributed by atoms with E-state index in [2.05, 4.69) is 170 Å². The van der Waals surface area contributed by atoms with Crippen molar-refractivity contribution < 1.29 is 0 Å². The summed E-state index contributed by atoms with van der Waals surface area (Å²) in [6.45, 7) is 4.86. The van der Waals surface area contributed by atoms with Crippen LogP contribution in [-0.4, -0.2) is 6.04 Å². The van der Waals surface area contributed by atoms with Gasteiger partial charge in [0.2, 0.25) is 0 Å². The first-order valence-electron chi connectivity index (χ1n) is 16.4. The smallest absolute Gasteiger partial charge is 0.0633 e. The third-order valence-corrected chi connectivity index (χ3v) is 11.0. The monoisotopic (exact) mass is 587 g/mol. The first kappa shape index (κ1) is 25.9. The van der Waals surface area contributed by atoms with Gasteiger partial charge in [0.25, 0.3) is 0 Å². The normalized spacial score (nSPS) is 19.0. The van der Waals surface area contributed by atoms with Gasteiger partial charge in [-0.05, 0) is 72.6 Å². The van der Waals surface area contributed by atoms with Crippen molar-refractivity contribution in [3.63, 3.8) is 0 Å². The molecule has 0 saturated carbocycles. The molecular weight excluding hydrogens is 555 g/mol. The molecule has 0 saturated heterocycles. The van der Waals surface area contributed by atoms with E-state index in [1.165, 1.54) is 77.1 Å². The SMILES string of the molecule is CC1(C)C2=C(C=CC3C2c2ccccc2N3c2c3ccccc3c(-c3ccc4ccccc4c3)c3ccccc23)c2ccccc21. The van der Waals surface area contributed by atoms with E-state index in [-0.39, 0.29) is 17.4 Å². The van der Waals surface area contributed by atoms with Gasteiger partial charge in [-0.1, -0.05) is 153 Å². The first-order chi connectivity index (χ1) is 22.6. The predicted molar refractivity (Wildman–Crippen MR) is 195 cm³/mol. The van der Waals surface area contributed by atoms with Gasteiger partial charge in [0.15, 0.2) is 0 Å². The van der Waals surface area contributed by atoms with Gasteiger partial charge in [-0.15, -0.1) is 0 Å². The lowest BCUT2D eigenvalue weighted by Gasteiger charge is -2.37. The lowest BCUT2D eigenvalue weighted by atomic mass is 9.70. The molecule has 0 N–H and O–H groups in total. The Bertz CT molecular complexity index is 2420. The Morgan fingerprint density at radius 3 is 2.00 bits per heavy atom. The highest BCUT2D eigenvalue weighted by molar-refractivity contribution is 6.22. The van der Waals surface area contributed by atoms with Crippen molar-refractivity contribution in [1.82, 2.24) is 0 Å². The summed E-state index contributed by atoms with van der Waals surface area (Å²) in [5.41, 5.74) is 12.4. The van der Waals surface area contributed by atoms with Crippen LogP contribution in [0.4, 0.5) is 11.4 Å². The molecule has 0 spiro atoms. The molecule has 1 aliphatic heterocycles. The summed E-state index contributed by atoms with van der Waals surface area (Å²) in [5, 5.41) is 7.71. The Morgan fingerprint density at radius 1 is 0.587 bits per heavy atom. The minimum absolute atomic E-state index is 0.0488. The molecule has 0 bridgehead atoms. The summed E-state index contributed by atoms with van der Waals surface area (Å²) in [6.07, 6.45) is 4.92. The summed E-state index contributed by atoms with van der Waals surface area (Å²) >= 11 is 0. The molecule has 218 valence electrons. The molecule has 2 aliphatic carbocycles. The second kappa shape index (κ2) is 9.31. The molecule has 0 aromatic heterocycles. The number of hydrogen-bond donors (Lipinski definition) is 0. The van der Waals surface area contributed by atoms with Crippen LogP contribution in [0.5, 0.6) is 0 Å². The van der Waals surface area contributed by atoms with Crippen LogP contribution in [0.1, 0.15) is 36.5 Å². The van der Waals surface area contributed by atoms with E-state index in [1.54, 1.807) is 5.57 Å². The van der Waals surface area contributed by atoms with E-state index < -0.39 is 0 Å².